The highest BCUT2D eigenvalue weighted by molar-refractivity contribution is 5.85. The molecule has 0 amide bonds. The Labute approximate surface area is 243 Å². The molecule has 6 rings (SSSR count). The number of fused-ring (bicyclic) bond motifs is 5. The second-order valence-corrected chi connectivity index (χ2v) is 14.2. The summed E-state index contributed by atoms with van der Waals surface area (Å²) in [5.41, 5.74) is -0.646. The van der Waals surface area contributed by atoms with Crippen LogP contribution in [0.4, 0.5) is 4.79 Å². The highest BCUT2D eigenvalue weighted by Gasteiger charge is 2.71. The quantitative estimate of drug-likeness (QED) is 0.365. The number of hydrogen-bond acceptors (Lipinski definition) is 9. The van der Waals surface area contributed by atoms with Gasteiger partial charge in [-0.1, -0.05) is 13.8 Å². The Hall–Kier alpha value is -2.13. The number of rotatable bonds is 6. The molecule has 0 radical (unpaired) electrons. The first kappa shape index (κ1) is 29.0. The smallest absolute Gasteiger partial charge is 0.462 e. The molecule has 228 valence electrons. The van der Waals surface area contributed by atoms with E-state index in [1.807, 2.05) is 0 Å². The van der Waals surface area contributed by atoms with Crippen molar-refractivity contribution < 1.29 is 38.4 Å². The van der Waals surface area contributed by atoms with Crippen LogP contribution in [-0.2, 0) is 28.5 Å². The summed E-state index contributed by atoms with van der Waals surface area (Å²) in [7, 11) is 0. The molecule has 0 unspecified atom stereocenters. The number of carbonyl (C=O) groups excluding carboxylic acids is 3. The van der Waals surface area contributed by atoms with Crippen LogP contribution in [-0.4, -0.2) is 78.8 Å². The number of carbonyl (C=O) groups is 3. The topological polar surface area (TPSA) is 112 Å². The summed E-state index contributed by atoms with van der Waals surface area (Å²) >= 11 is 0. The summed E-state index contributed by atoms with van der Waals surface area (Å²) in [6.07, 6.45) is 9.41. The maximum atomic E-state index is 12.6. The van der Waals surface area contributed by atoms with Gasteiger partial charge in [0.1, 0.15) is 25.4 Å². The molecule has 1 saturated heterocycles. The zero-order chi connectivity index (χ0) is 29.0. The van der Waals surface area contributed by atoms with E-state index in [1.165, 1.54) is 19.8 Å². The second kappa shape index (κ2) is 10.9. The van der Waals surface area contributed by atoms with Crippen LogP contribution >= 0.6 is 0 Å². The lowest BCUT2D eigenvalue weighted by atomic mass is 9.43. The van der Waals surface area contributed by atoms with E-state index in [-0.39, 0.29) is 41.9 Å². The van der Waals surface area contributed by atoms with Crippen molar-refractivity contribution in [3.05, 3.63) is 11.6 Å². The van der Waals surface area contributed by atoms with Gasteiger partial charge in [0.2, 0.25) is 0 Å². The van der Waals surface area contributed by atoms with Crippen LogP contribution < -0.4 is 0 Å². The molecule has 9 heteroatoms. The van der Waals surface area contributed by atoms with E-state index >= 15 is 0 Å². The fourth-order valence-electron chi connectivity index (χ4n) is 10.3. The van der Waals surface area contributed by atoms with Crippen molar-refractivity contribution in [3.8, 4) is 0 Å². The van der Waals surface area contributed by atoms with Crippen molar-refractivity contribution in [2.24, 2.45) is 34.5 Å². The Bertz CT molecular complexity index is 1090. The third-order valence-electron chi connectivity index (χ3n) is 12.3. The predicted molar refractivity (Wildman–Crippen MR) is 149 cm³/mol. The van der Waals surface area contributed by atoms with Gasteiger partial charge in [0, 0.05) is 37.3 Å². The molecule has 9 atom stereocenters. The molecule has 1 N–H and O–H groups in total. The van der Waals surface area contributed by atoms with Gasteiger partial charge in [0.25, 0.3) is 0 Å². The average molecular weight is 574 g/mol. The van der Waals surface area contributed by atoms with Gasteiger partial charge in [0.05, 0.1) is 5.60 Å². The molecule has 4 aliphatic carbocycles. The minimum atomic E-state index is -1.01. The van der Waals surface area contributed by atoms with Crippen molar-refractivity contribution in [3.63, 3.8) is 0 Å². The number of hydrogen-bond donors (Lipinski definition) is 1. The zero-order valence-corrected chi connectivity index (χ0v) is 24.9. The fourth-order valence-corrected chi connectivity index (χ4v) is 10.3. The first-order valence-corrected chi connectivity index (χ1v) is 15.9. The molecule has 6 aliphatic rings. The van der Waals surface area contributed by atoms with Crippen molar-refractivity contribution >= 4 is 18.1 Å². The molecule has 0 bridgehead atoms. The molecular formula is C32H47NO8. The predicted octanol–water partition coefficient (Wildman–Crippen LogP) is 4.40. The van der Waals surface area contributed by atoms with E-state index in [4.69, 9.17) is 18.9 Å². The number of ether oxygens (including phenoxy) is 4. The minimum absolute atomic E-state index is 0.0419. The van der Waals surface area contributed by atoms with Crippen LogP contribution in [0.5, 0.6) is 0 Å². The SMILES string of the molecule is CC(=O)O[C@H]1C[C@]2(O)[C@@H]3CC[C@@H]4C[C@@H](OC(=O)OCCN5CCCC5)CC[C@]4(C)[C@H]3CC[C@]2(C)[C@H]1C1=CC(=O)OC1. The van der Waals surface area contributed by atoms with Crippen LogP contribution in [0, 0.1) is 34.5 Å². The first-order valence-electron chi connectivity index (χ1n) is 15.9. The monoisotopic (exact) mass is 573 g/mol. The molecule has 0 spiro atoms. The lowest BCUT2D eigenvalue weighted by Crippen LogP contribution is -2.62. The van der Waals surface area contributed by atoms with Gasteiger partial charge in [-0.2, -0.15) is 0 Å². The molecule has 2 aliphatic heterocycles. The Morgan fingerprint density at radius 2 is 1.85 bits per heavy atom. The van der Waals surface area contributed by atoms with Gasteiger partial charge < -0.3 is 24.1 Å². The van der Waals surface area contributed by atoms with Gasteiger partial charge >= 0.3 is 18.1 Å². The number of likely N-dealkylation sites (tertiary alicyclic amines) is 1. The van der Waals surface area contributed by atoms with E-state index in [9.17, 15) is 19.5 Å². The summed E-state index contributed by atoms with van der Waals surface area (Å²) in [6, 6.07) is 0. The molecule has 9 nitrogen and oxygen atoms in total. The normalized spacial score (nSPS) is 43.8. The highest BCUT2D eigenvalue weighted by atomic mass is 16.7. The highest BCUT2D eigenvalue weighted by Crippen LogP contribution is 2.70. The lowest BCUT2D eigenvalue weighted by molar-refractivity contribution is -0.208. The van der Waals surface area contributed by atoms with Gasteiger partial charge in [-0.25, -0.2) is 9.59 Å². The number of cyclic esters (lactones) is 1. The molecule has 2 heterocycles. The fraction of sp³-hybridized carbons (Fsp3) is 0.844. The number of esters is 2. The molecule has 41 heavy (non-hydrogen) atoms. The summed E-state index contributed by atoms with van der Waals surface area (Å²) < 4.78 is 22.3. The Kier molecular flexibility index (Phi) is 7.67. The standard InChI is InChI=1S/C32H47NO8/c1-20(34)40-26-18-32(37)25-7-6-22-17-23(41-29(36)38-15-14-33-12-4-5-13-33)8-10-30(22,2)24(25)9-11-31(32,3)28(26)21-16-27(35)39-19-21/h16,22-26,28,37H,4-15,17-19H2,1-3H3/t22-,23+,24+,25-,26+,28+,30+,31-,32+/m1/s1. The molecule has 0 aromatic heterocycles. The van der Waals surface area contributed by atoms with Crippen LogP contribution in [0.1, 0.15) is 85.0 Å². The van der Waals surface area contributed by atoms with Crippen LogP contribution in [0.25, 0.3) is 0 Å². The molecule has 0 aromatic carbocycles. The molecular weight excluding hydrogens is 526 g/mol. The molecule has 5 fully saturated rings. The third-order valence-corrected chi connectivity index (χ3v) is 12.3. The third kappa shape index (κ3) is 4.98. The van der Waals surface area contributed by atoms with Gasteiger partial charge in [-0.3, -0.25) is 9.69 Å². The van der Waals surface area contributed by atoms with Crippen molar-refractivity contribution in [1.82, 2.24) is 4.90 Å². The number of aliphatic hydroxyl groups is 1. The molecule has 4 saturated carbocycles. The average Bonchev–Trinajstić information content (AvgIpc) is 3.62. The Balaban J connectivity index is 1.13. The zero-order valence-electron chi connectivity index (χ0n) is 24.9. The second-order valence-electron chi connectivity index (χ2n) is 14.2. The van der Waals surface area contributed by atoms with E-state index in [2.05, 4.69) is 18.7 Å². The van der Waals surface area contributed by atoms with Gasteiger partial charge in [-0.05, 0) is 99.6 Å². The van der Waals surface area contributed by atoms with Crippen LogP contribution in [0.15, 0.2) is 11.6 Å². The van der Waals surface area contributed by atoms with E-state index in [0.29, 0.717) is 24.9 Å². The van der Waals surface area contributed by atoms with E-state index in [0.717, 1.165) is 70.2 Å². The summed E-state index contributed by atoms with van der Waals surface area (Å²) in [4.78, 5) is 38.9. The first-order chi connectivity index (χ1) is 19.5. The van der Waals surface area contributed by atoms with Crippen LogP contribution in [0.2, 0.25) is 0 Å². The number of nitrogens with zero attached hydrogens (tertiary/aromatic N) is 1. The van der Waals surface area contributed by atoms with Crippen LogP contribution in [0.3, 0.4) is 0 Å². The Morgan fingerprint density at radius 3 is 2.56 bits per heavy atom. The van der Waals surface area contributed by atoms with E-state index in [1.54, 1.807) is 6.08 Å². The van der Waals surface area contributed by atoms with Crippen molar-refractivity contribution in [1.29, 1.82) is 0 Å². The lowest BCUT2D eigenvalue weighted by Gasteiger charge is -2.63. The van der Waals surface area contributed by atoms with Crippen molar-refractivity contribution in [2.45, 2.75) is 103 Å². The summed E-state index contributed by atoms with van der Waals surface area (Å²) in [6.45, 7) is 9.43. The van der Waals surface area contributed by atoms with Crippen molar-refractivity contribution in [2.75, 3.05) is 32.8 Å². The molecule has 0 aromatic rings. The van der Waals surface area contributed by atoms with Gasteiger partial charge in [0.15, 0.2) is 0 Å². The minimum Gasteiger partial charge on any atom is -0.462 e. The summed E-state index contributed by atoms with van der Waals surface area (Å²) in [5.74, 6) is -0.140. The Morgan fingerprint density at radius 1 is 1.07 bits per heavy atom. The van der Waals surface area contributed by atoms with Gasteiger partial charge in [-0.15, -0.1) is 0 Å². The summed E-state index contributed by atoms with van der Waals surface area (Å²) in [5, 5.41) is 12.6. The maximum Gasteiger partial charge on any atom is 0.508 e. The van der Waals surface area contributed by atoms with E-state index < -0.39 is 23.3 Å². The maximum absolute atomic E-state index is 12.6. The largest absolute Gasteiger partial charge is 0.508 e.